The SMILES string of the molecule is COCCNCc1cccc(F)c1OCCC(C)(C)O. The Labute approximate surface area is 119 Å². The predicted molar refractivity (Wildman–Crippen MR) is 76.4 cm³/mol. The van der Waals surface area contributed by atoms with Gasteiger partial charge in [-0.1, -0.05) is 12.1 Å². The van der Waals surface area contributed by atoms with Crippen LogP contribution in [0, 0.1) is 5.82 Å². The second-order valence-corrected chi connectivity index (χ2v) is 5.31. The van der Waals surface area contributed by atoms with Crippen LogP contribution >= 0.6 is 0 Å². The Kier molecular flexibility index (Phi) is 6.91. The highest BCUT2D eigenvalue weighted by atomic mass is 19.1. The molecule has 20 heavy (non-hydrogen) atoms. The molecule has 5 heteroatoms. The fourth-order valence-electron chi connectivity index (χ4n) is 1.65. The van der Waals surface area contributed by atoms with Gasteiger partial charge in [0.1, 0.15) is 0 Å². The molecule has 0 aromatic heterocycles. The van der Waals surface area contributed by atoms with Crippen molar-refractivity contribution in [1.29, 1.82) is 0 Å². The van der Waals surface area contributed by atoms with Crippen molar-refractivity contribution in [1.82, 2.24) is 5.32 Å². The van der Waals surface area contributed by atoms with E-state index in [1.807, 2.05) is 6.07 Å². The van der Waals surface area contributed by atoms with Gasteiger partial charge >= 0.3 is 0 Å². The van der Waals surface area contributed by atoms with Crippen LogP contribution in [0.15, 0.2) is 18.2 Å². The van der Waals surface area contributed by atoms with Gasteiger partial charge in [0.05, 0.1) is 18.8 Å². The van der Waals surface area contributed by atoms with Crippen molar-refractivity contribution in [3.63, 3.8) is 0 Å². The van der Waals surface area contributed by atoms with Gasteiger partial charge in [-0.05, 0) is 19.9 Å². The molecule has 0 radical (unpaired) electrons. The second-order valence-electron chi connectivity index (χ2n) is 5.31. The largest absolute Gasteiger partial charge is 0.490 e. The van der Waals surface area contributed by atoms with Crippen LogP contribution < -0.4 is 10.1 Å². The summed E-state index contributed by atoms with van der Waals surface area (Å²) in [6.45, 7) is 5.48. The predicted octanol–water partition coefficient (Wildman–Crippen LogP) is 2.10. The Morgan fingerprint density at radius 3 is 2.70 bits per heavy atom. The molecule has 0 amide bonds. The van der Waals surface area contributed by atoms with E-state index < -0.39 is 5.60 Å². The summed E-state index contributed by atoms with van der Waals surface area (Å²) in [5, 5.41) is 12.8. The normalized spacial score (nSPS) is 11.7. The molecule has 0 saturated heterocycles. The van der Waals surface area contributed by atoms with Crippen molar-refractivity contribution in [2.75, 3.05) is 26.9 Å². The smallest absolute Gasteiger partial charge is 0.165 e. The van der Waals surface area contributed by atoms with Gasteiger partial charge in [-0.2, -0.15) is 0 Å². The van der Waals surface area contributed by atoms with Gasteiger partial charge in [-0.3, -0.25) is 0 Å². The lowest BCUT2D eigenvalue weighted by Gasteiger charge is -2.18. The third-order valence-electron chi connectivity index (χ3n) is 2.81. The molecule has 0 saturated carbocycles. The van der Waals surface area contributed by atoms with Gasteiger partial charge in [0.15, 0.2) is 11.6 Å². The molecule has 0 heterocycles. The zero-order chi connectivity index (χ0) is 15.0. The van der Waals surface area contributed by atoms with Crippen LogP contribution in [0.4, 0.5) is 4.39 Å². The highest BCUT2D eigenvalue weighted by molar-refractivity contribution is 5.34. The Hall–Kier alpha value is -1.17. The van der Waals surface area contributed by atoms with Gasteiger partial charge in [0.25, 0.3) is 0 Å². The van der Waals surface area contributed by atoms with E-state index in [1.54, 1.807) is 27.0 Å². The summed E-state index contributed by atoms with van der Waals surface area (Å²) in [7, 11) is 1.63. The van der Waals surface area contributed by atoms with Crippen molar-refractivity contribution >= 4 is 0 Å². The van der Waals surface area contributed by atoms with E-state index in [-0.39, 0.29) is 18.2 Å². The molecule has 114 valence electrons. The average Bonchev–Trinajstić information content (AvgIpc) is 2.36. The van der Waals surface area contributed by atoms with Gasteiger partial charge in [0.2, 0.25) is 0 Å². The van der Waals surface area contributed by atoms with E-state index in [1.165, 1.54) is 6.07 Å². The van der Waals surface area contributed by atoms with Crippen molar-refractivity contribution in [2.24, 2.45) is 0 Å². The van der Waals surface area contributed by atoms with Crippen LogP contribution in [-0.4, -0.2) is 37.6 Å². The number of aliphatic hydroxyl groups is 1. The summed E-state index contributed by atoms with van der Waals surface area (Å²) >= 11 is 0. The molecular formula is C15H24FNO3. The zero-order valence-electron chi connectivity index (χ0n) is 12.4. The van der Waals surface area contributed by atoms with Crippen molar-refractivity contribution < 1.29 is 19.0 Å². The van der Waals surface area contributed by atoms with E-state index in [9.17, 15) is 9.50 Å². The van der Waals surface area contributed by atoms with Gasteiger partial charge in [-0.25, -0.2) is 4.39 Å². The minimum absolute atomic E-state index is 0.252. The Balaban J connectivity index is 2.58. The lowest BCUT2D eigenvalue weighted by Crippen LogP contribution is -2.23. The van der Waals surface area contributed by atoms with Crippen LogP contribution in [0.2, 0.25) is 0 Å². The zero-order valence-corrected chi connectivity index (χ0v) is 12.4. The van der Waals surface area contributed by atoms with Crippen molar-refractivity contribution in [3.05, 3.63) is 29.6 Å². The first-order valence-corrected chi connectivity index (χ1v) is 6.76. The lowest BCUT2D eigenvalue weighted by molar-refractivity contribution is 0.0545. The van der Waals surface area contributed by atoms with E-state index in [0.717, 1.165) is 5.56 Å². The Morgan fingerprint density at radius 2 is 2.05 bits per heavy atom. The van der Waals surface area contributed by atoms with E-state index in [2.05, 4.69) is 5.32 Å². The number of ether oxygens (including phenoxy) is 2. The summed E-state index contributed by atoms with van der Waals surface area (Å²) in [6, 6.07) is 4.85. The van der Waals surface area contributed by atoms with Gasteiger partial charge < -0.3 is 19.9 Å². The summed E-state index contributed by atoms with van der Waals surface area (Å²) in [5.74, 6) is -0.131. The van der Waals surface area contributed by atoms with Crippen LogP contribution in [0.3, 0.4) is 0 Å². The number of nitrogens with one attached hydrogen (secondary N) is 1. The molecule has 4 nitrogen and oxygen atoms in total. The second kappa shape index (κ2) is 8.19. The lowest BCUT2D eigenvalue weighted by atomic mass is 10.1. The monoisotopic (exact) mass is 285 g/mol. The molecule has 2 N–H and O–H groups in total. The third-order valence-corrected chi connectivity index (χ3v) is 2.81. The molecule has 0 fully saturated rings. The third kappa shape index (κ3) is 6.32. The van der Waals surface area contributed by atoms with Crippen LogP contribution in [-0.2, 0) is 11.3 Å². The summed E-state index contributed by atoms with van der Waals surface area (Å²) in [4.78, 5) is 0. The van der Waals surface area contributed by atoms with E-state index in [4.69, 9.17) is 9.47 Å². The van der Waals surface area contributed by atoms with Crippen LogP contribution in [0.25, 0.3) is 0 Å². The fraction of sp³-hybridized carbons (Fsp3) is 0.600. The summed E-state index contributed by atoms with van der Waals surface area (Å²) in [5.41, 5.74) is -0.0564. The average molecular weight is 285 g/mol. The van der Waals surface area contributed by atoms with Crippen LogP contribution in [0.1, 0.15) is 25.8 Å². The molecule has 0 atom stereocenters. The maximum atomic E-state index is 13.8. The first kappa shape index (κ1) is 16.9. The van der Waals surface area contributed by atoms with Crippen molar-refractivity contribution in [3.8, 4) is 5.75 Å². The molecule has 0 aliphatic rings. The fourth-order valence-corrected chi connectivity index (χ4v) is 1.65. The molecule has 1 aromatic carbocycles. The number of methoxy groups -OCH3 is 1. The molecule has 0 aliphatic carbocycles. The Morgan fingerprint density at radius 1 is 1.30 bits per heavy atom. The first-order valence-electron chi connectivity index (χ1n) is 6.76. The minimum Gasteiger partial charge on any atom is -0.490 e. The first-order chi connectivity index (χ1) is 9.44. The highest BCUT2D eigenvalue weighted by Crippen LogP contribution is 2.23. The number of halogens is 1. The number of para-hydroxylation sites is 1. The number of benzene rings is 1. The van der Waals surface area contributed by atoms with Crippen molar-refractivity contribution in [2.45, 2.75) is 32.4 Å². The summed E-state index contributed by atoms with van der Waals surface area (Å²) < 4.78 is 24.2. The number of rotatable bonds is 9. The van der Waals surface area contributed by atoms with Gasteiger partial charge in [-0.15, -0.1) is 0 Å². The molecule has 0 spiro atoms. The van der Waals surface area contributed by atoms with Crippen LogP contribution in [0.5, 0.6) is 5.75 Å². The standard InChI is InChI=1S/C15H24FNO3/c1-15(2,18)7-9-20-14-12(5-4-6-13(14)16)11-17-8-10-19-3/h4-6,17-18H,7-11H2,1-3H3. The minimum atomic E-state index is -0.817. The highest BCUT2D eigenvalue weighted by Gasteiger charge is 2.14. The molecule has 1 aromatic rings. The topological polar surface area (TPSA) is 50.7 Å². The Bertz CT molecular complexity index is 405. The molecule has 1 rings (SSSR count). The van der Waals surface area contributed by atoms with E-state index >= 15 is 0 Å². The maximum absolute atomic E-state index is 13.8. The van der Waals surface area contributed by atoms with E-state index in [0.29, 0.717) is 26.1 Å². The maximum Gasteiger partial charge on any atom is 0.165 e. The molecule has 0 bridgehead atoms. The molecule has 0 unspecified atom stereocenters. The molecular weight excluding hydrogens is 261 g/mol. The summed E-state index contributed by atoms with van der Waals surface area (Å²) in [6.07, 6.45) is 0.442. The number of hydrogen-bond donors (Lipinski definition) is 2. The van der Waals surface area contributed by atoms with Gasteiger partial charge in [0, 0.05) is 32.2 Å². The quantitative estimate of drug-likeness (QED) is 0.682. The molecule has 0 aliphatic heterocycles. The number of hydrogen-bond acceptors (Lipinski definition) is 4.